The molecule has 2 aromatic carbocycles. The van der Waals surface area contributed by atoms with Crippen LogP contribution in [0.3, 0.4) is 0 Å². The molecule has 0 aromatic heterocycles. The summed E-state index contributed by atoms with van der Waals surface area (Å²) in [7, 11) is 0. The van der Waals surface area contributed by atoms with Crippen molar-refractivity contribution in [3.63, 3.8) is 0 Å². The van der Waals surface area contributed by atoms with Gasteiger partial charge in [-0.25, -0.2) is 8.78 Å². The van der Waals surface area contributed by atoms with E-state index in [1.165, 1.54) is 12.1 Å². The second-order valence-corrected chi connectivity index (χ2v) is 5.25. The third kappa shape index (κ3) is 3.19. The highest BCUT2D eigenvalue weighted by molar-refractivity contribution is 7.98. The van der Waals surface area contributed by atoms with Gasteiger partial charge in [0.2, 0.25) is 0 Å². The first-order valence-electron chi connectivity index (χ1n) is 6.48. The van der Waals surface area contributed by atoms with E-state index in [4.69, 9.17) is 0 Å². The quantitative estimate of drug-likeness (QED) is 0.821. The lowest BCUT2D eigenvalue weighted by Gasteiger charge is -2.21. The summed E-state index contributed by atoms with van der Waals surface area (Å²) in [5.41, 5.74) is 1.47. The average molecular weight is 293 g/mol. The van der Waals surface area contributed by atoms with E-state index in [2.05, 4.69) is 5.32 Å². The Hall–Kier alpha value is -1.39. The van der Waals surface area contributed by atoms with Crippen molar-refractivity contribution in [2.45, 2.75) is 17.9 Å². The molecule has 4 heteroatoms. The zero-order valence-electron chi connectivity index (χ0n) is 11.5. The van der Waals surface area contributed by atoms with E-state index in [1.807, 2.05) is 37.4 Å². The minimum atomic E-state index is -0.556. The number of halogens is 2. The fourth-order valence-electron chi connectivity index (χ4n) is 2.23. The van der Waals surface area contributed by atoms with Crippen molar-refractivity contribution >= 4 is 11.8 Å². The molecule has 0 aliphatic carbocycles. The fourth-order valence-corrected chi connectivity index (χ4v) is 2.87. The van der Waals surface area contributed by atoms with Crippen LogP contribution in [0.4, 0.5) is 8.78 Å². The van der Waals surface area contributed by atoms with Gasteiger partial charge in [0.1, 0.15) is 11.6 Å². The van der Waals surface area contributed by atoms with Gasteiger partial charge < -0.3 is 5.32 Å². The van der Waals surface area contributed by atoms with Crippen LogP contribution in [0, 0.1) is 11.6 Å². The van der Waals surface area contributed by atoms with Gasteiger partial charge in [-0.1, -0.05) is 31.2 Å². The van der Waals surface area contributed by atoms with Gasteiger partial charge in [-0.05, 0) is 30.5 Å². The van der Waals surface area contributed by atoms with Gasteiger partial charge in [0.15, 0.2) is 0 Å². The first-order valence-corrected chi connectivity index (χ1v) is 7.71. The maximum absolute atomic E-state index is 14.1. The van der Waals surface area contributed by atoms with Crippen LogP contribution in [0.5, 0.6) is 0 Å². The summed E-state index contributed by atoms with van der Waals surface area (Å²) in [6, 6.07) is 11.3. The van der Waals surface area contributed by atoms with Crippen LogP contribution in [-0.4, -0.2) is 12.8 Å². The zero-order valence-corrected chi connectivity index (χ0v) is 12.3. The van der Waals surface area contributed by atoms with Gasteiger partial charge in [-0.2, -0.15) is 0 Å². The molecule has 1 atom stereocenters. The molecule has 20 heavy (non-hydrogen) atoms. The second-order valence-electron chi connectivity index (χ2n) is 4.40. The Morgan fingerprint density at radius 3 is 2.50 bits per heavy atom. The van der Waals surface area contributed by atoms with Gasteiger partial charge in [0, 0.05) is 16.5 Å². The maximum Gasteiger partial charge on any atom is 0.131 e. The lowest BCUT2D eigenvalue weighted by atomic mass is 9.98. The van der Waals surface area contributed by atoms with Gasteiger partial charge in [-0.15, -0.1) is 11.8 Å². The number of benzene rings is 2. The van der Waals surface area contributed by atoms with Crippen LogP contribution >= 0.6 is 11.8 Å². The highest BCUT2D eigenvalue weighted by atomic mass is 32.2. The number of nitrogens with one attached hydrogen (secondary N) is 1. The molecule has 0 aliphatic heterocycles. The Morgan fingerprint density at radius 2 is 1.85 bits per heavy atom. The van der Waals surface area contributed by atoms with Crippen LogP contribution in [0.1, 0.15) is 24.1 Å². The molecule has 0 bridgehead atoms. The smallest absolute Gasteiger partial charge is 0.131 e. The molecular weight excluding hydrogens is 276 g/mol. The summed E-state index contributed by atoms with van der Waals surface area (Å²) in [6.07, 6.45) is 1.99. The molecule has 0 saturated carbocycles. The molecule has 0 radical (unpaired) electrons. The Balaban J connectivity index is 2.50. The molecule has 0 aliphatic rings. The molecule has 1 N–H and O–H groups in total. The Labute approximate surface area is 122 Å². The Bertz CT molecular complexity index is 586. The normalized spacial score (nSPS) is 12.4. The van der Waals surface area contributed by atoms with Crippen molar-refractivity contribution in [2.75, 3.05) is 12.8 Å². The predicted octanol–water partition coefficient (Wildman–Crippen LogP) is 4.39. The van der Waals surface area contributed by atoms with Gasteiger partial charge >= 0.3 is 0 Å². The molecule has 0 spiro atoms. The van der Waals surface area contributed by atoms with Crippen molar-refractivity contribution in [1.29, 1.82) is 0 Å². The molecule has 2 rings (SSSR count). The Kier molecular flexibility index (Phi) is 5.15. The summed E-state index contributed by atoms with van der Waals surface area (Å²) in [6.45, 7) is 2.67. The fraction of sp³-hybridized carbons (Fsp3) is 0.250. The largest absolute Gasteiger partial charge is 0.306 e. The summed E-state index contributed by atoms with van der Waals surface area (Å²) >= 11 is 1.62. The summed E-state index contributed by atoms with van der Waals surface area (Å²) in [4.78, 5) is 1.09. The molecule has 0 heterocycles. The van der Waals surface area contributed by atoms with E-state index in [9.17, 15) is 8.78 Å². The van der Waals surface area contributed by atoms with Crippen LogP contribution in [0.2, 0.25) is 0 Å². The van der Waals surface area contributed by atoms with Crippen molar-refractivity contribution in [2.24, 2.45) is 0 Å². The van der Waals surface area contributed by atoms with Crippen molar-refractivity contribution < 1.29 is 8.78 Å². The number of thioether (sulfide) groups is 1. The second kappa shape index (κ2) is 6.86. The summed E-state index contributed by atoms with van der Waals surface area (Å²) in [5.74, 6) is -1.08. The highest BCUT2D eigenvalue weighted by Crippen LogP contribution is 2.31. The molecule has 106 valence electrons. The van der Waals surface area contributed by atoms with E-state index >= 15 is 0 Å². The topological polar surface area (TPSA) is 12.0 Å². The zero-order chi connectivity index (χ0) is 14.5. The Morgan fingerprint density at radius 1 is 1.10 bits per heavy atom. The maximum atomic E-state index is 14.1. The summed E-state index contributed by atoms with van der Waals surface area (Å²) in [5, 5.41) is 3.27. The van der Waals surface area contributed by atoms with Crippen LogP contribution < -0.4 is 5.32 Å². The minimum absolute atomic E-state index is 0.274. The monoisotopic (exact) mass is 293 g/mol. The van der Waals surface area contributed by atoms with Crippen LogP contribution in [-0.2, 0) is 0 Å². The van der Waals surface area contributed by atoms with E-state index in [0.717, 1.165) is 16.5 Å². The van der Waals surface area contributed by atoms with Crippen LogP contribution in [0.25, 0.3) is 0 Å². The van der Waals surface area contributed by atoms with Gasteiger partial charge in [-0.3, -0.25) is 0 Å². The van der Waals surface area contributed by atoms with Crippen LogP contribution in [0.15, 0.2) is 47.4 Å². The molecule has 1 nitrogen and oxygen atoms in total. The minimum Gasteiger partial charge on any atom is -0.306 e. The van der Waals surface area contributed by atoms with E-state index < -0.39 is 11.6 Å². The molecule has 0 saturated heterocycles. The third-order valence-corrected chi connectivity index (χ3v) is 3.94. The lowest BCUT2D eigenvalue weighted by Crippen LogP contribution is -2.23. The van der Waals surface area contributed by atoms with Crippen molar-refractivity contribution in [1.82, 2.24) is 5.32 Å². The standard InChI is InChI=1S/C16H17F2NS/c1-3-19-16(12-9-8-11(17)10-14(12)18)13-6-4-5-7-15(13)20-2/h4-10,16,19H,3H2,1-2H3. The average Bonchev–Trinajstić information content (AvgIpc) is 2.45. The SMILES string of the molecule is CCNC(c1ccc(F)cc1F)c1ccccc1SC. The van der Waals surface area contributed by atoms with E-state index in [0.29, 0.717) is 12.1 Å². The van der Waals surface area contributed by atoms with Gasteiger partial charge in [0.25, 0.3) is 0 Å². The molecule has 0 amide bonds. The van der Waals surface area contributed by atoms with E-state index in [-0.39, 0.29) is 6.04 Å². The van der Waals surface area contributed by atoms with Crippen molar-refractivity contribution in [3.8, 4) is 0 Å². The first-order chi connectivity index (χ1) is 9.67. The third-order valence-electron chi connectivity index (χ3n) is 3.13. The van der Waals surface area contributed by atoms with Crippen molar-refractivity contribution in [3.05, 3.63) is 65.2 Å². The highest BCUT2D eigenvalue weighted by Gasteiger charge is 2.19. The lowest BCUT2D eigenvalue weighted by molar-refractivity contribution is 0.538. The molecule has 1 unspecified atom stereocenters. The number of rotatable bonds is 5. The van der Waals surface area contributed by atoms with Gasteiger partial charge in [0.05, 0.1) is 6.04 Å². The number of hydrogen-bond donors (Lipinski definition) is 1. The first kappa shape index (κ1) is 15.0. The molecule has 0 fully saturated rings. The van der Waals surface area contributed by atoms with E-state index in [1.54, 1.807) is 11.8 Å². The predicted molar refractivity (Wildman–Crippen MR) is 80.1 cm³/mol. The summed E-state index contributed by atoms with van der Waals surface area (Å²) < 4.78 is 27.1. The molecular formula is C16H17F2NS. The number of hydrogen-bond acceptors (Lipinski definition) is 2. The molecule has 2 aromatic rings.